The summed E-state index contributed by atoms with van der Waals surface area (Å²) in [6.45, 7) is 0. The molecule has 4 rings (SSSR count). The maximum Gasteiger partial charge on any atom is 0.350 e. The molecule has 0 unspecified atom stereocenters. The van der Waals surface area contributed by atoms with Crippen LogP contribution in [0.15, 0.2) is 67.4 Å². The highest BCUT2D eigenvalue weighted by Gasteiger charge is 2.19. The van der Waals surface area contributed by atoms with E-state index in [2.05, 4.69) is 0 Å². The molecule has 2 heterocycles. The molecule has 0 spiro atoms. The molecule has 0 saturated heterocycles. The van der Waals surface area contributed by atoms with Crippen molar-refractivity contribution in [2.45, 2.75) is 11.3 Å². The SMILES string of the molecule is COc1ccc2cc(SC(=O)CC(=O)c3cc4ccc(OC)cc4sc3=O)c(=O)oc2c1. The van der Waals surface area contributed by atoms with Gasteiger partial charge in [0, 0.05) is 16.2 Å². The number of benzene rings is 2. The lowest BCUT2D eigenvalue weighted by molar-refractivity contribution is -0.110. The first-order valence-electron chi connectivity index (χ1n) is 9.35. The number of rotatable bonds is 6. The van der Waals surface area contributed by atoms with Crippen molar-refractivity contribution in [2.24, 2.45) is 0 Å². The molecule has 0 amide bonds. The van der Waals surface area contributed by atoms with Crippen LogP contribution in [0.5, 0.6) is 11.5 Å². The minimum atomic E-state index is -0.692. The van der Waals surface area contributed by atoms with Gasteiger partial charge in [-0.15, -0.1) is 0 Å². The number of hydrogen-bond donors (Lipinski definition) is 0. The van der Waals surface area contributed by atoms with Gasteiger partial charge in [0.05, 0.1) is 26.2 Å². The first-order chi connectivity index (χ1) is 15.4. The van der Waals surface area contributed by atoms with E-state index in [0.717, 1.165) is 11.3 Å². The van der Waals surface area contributed by atoms with Gasteiger partial charge in [-0.3, -0.25) is 14.4 Å². The van der Waals surface area contributed by atoms with Crippen LogP contribution in [0.2, 0.25) is 0 Å². The number of ketones is 1. The predicted molar refractivity (Wildman–Crippen MR) is 123 cm³/mol. The van der Waals surface area contributed by atoms with Gasteiger partial charge in [0.25, 0.3) is 0 Å². The second-order valence-electron chi connectivity index (χ2n) is 6.73. The Bertz CT molecular complexity index is 1480. The van der Waals surface area contributed by atoms with Gasteiger partial charge in [-0.1, -0.05) is 11.3 Å². The molecule has 0 fully saturated rings. The second kappa shape index (κ2) is 8.97. The fourth-order valence-corrected chi connectivity index (χ4v) is 4.73. The van der Waals surface area contributed by atoms with Crippen molar-refractivity contribution in [3.8, 4) is 11.5 Å². The van der Waals surface area contributed by atoms with Crippen LogP contribution in [0.3, 0.4) is 0 Å². The molecular formula is C23H16O7S2. The molecule has 162 valence electrons. The lowest BCUT2D eigenvalue weighted by Gasteiger charge is -2.05. The van der Waals surface area contributed by atoms with Crippen LogP contribution < -0.4 is 19.8 Å². The lowest BCUT2D eigenvalue weighted by Crippen LogP contribution is -2.15. The van der Waals surface area contributed by atoms with Gasteiger partial charge in [0.2, 0.25) is 9.86 Å². The average Bonchev–Trinajstić information content (AvgIpc) is 2.78. The zero-order valence-electron chi connectivity index (χ0n) is 17.0. The highest BCUT2D eigenvalue weighted by atomic mass is 32.2. The van der Waals surface area contributed by atoms with Crippen molar-refractivity contribution in [2.75, 3.05) is 14.2 Å². The van der Waals surface area contributed by atoms with Crippen LogP contribution in [0.1, 0.15) is 16.8 Å². The Labute approximate surface area is 189 Å². The first-order valence-corrected chi connectivity index (χ1v) is 11.0. The van der Waals surface area contributed by atoms with Gasteiger partial charge >= 0.3 is 5.63 Å². The third-order valence-electron chi connectivity index (χ3n) is 4.68. The van der Waals surface area contributed by atoms with Gasteiger partial charge < -0.3 is 13.9 Å². The van der Waals surface area contributed by atoms with Gasteiger partial charge in [0.15, 0.2) is 5.78 Å². The minimum absolute atomic E-state index is 0.0562. The number of carbonyl (C=O) groups is 2. The van der Waals surface area contributed by atoms with E-state index in [1.807, 2.05) is 0 Å². The minimum Gasteiger partial charge on any atom is -0.497 e. The summed E-state index contributed by atoms with van der Waals surface area (Å²) in [5.74, 6) is 0.536. The summed E-state index contributed by atoms with van der Waals surface area (Å²) in [6.07, 6.45) is -0.519. The number of Topliss-reactive ketones (excluding diaryl/α,β-unsaturated/α-hetero) is 1. The average molecular weight is 469 g/mol. The van der Waals surface area contributed by atoms with Gasteiger partial charge in [-0.05, 0) is 59.6 Å². The van der Waals surface area contributed by atoms with E-state index in [1.165, 1.54) is 26.4 Å². The van der Waals surface area contributed by atoms with Crippen molar-refractivity contribution in [3.63, 3.8) is 0 Å². The van der Waals surface area contributed by atoms with Crippen LogP contribution in [0.25, 0.3) is 21.1 Å². The van der Waals surface area contributed by atoms with Gasteiger partial charge in [-0.2, -0.15) is 0 Å². The van der Waals surface area contributed by atoms with Crippen LogP contribution in [-0.2, 0) is 4.79 Å². The predicted octanol–water partition coefficient (Wildman–Crippen LogP) is 4.28. The highest BCUT2D eigenvalue weighted by molar-refractivity contribution is 8.13. The summed E-state index contributed by atoms with van der Waals surface area (Å²) < 4.78 is 15.7. The number of thioether (sulfide) groups is 1. The molecule has 0 radical (unpaired) electrons. The fraction of sp³-hybridized carbons (Fsp3) is 0.130. The molecule has 0 aliphatic heterocycles. The number of hydrogen-bond acceptors (Lipinski definition) is 9. The summed E-state index contributed by atoms with van der Waals surface area (Å²) in [7, 11) is 3.03. The van der Waals surface area contributed by atoms with E-state index in [1.54, 1.807) is 36.4 Å². The van der Waals surface area contributed by atoms with Gasteiger partial charge in [-0.25, -0.2) is 4.79 Å². The third-order valence-corrected chi connectivity index (χ3v) is 6.54. The van der Waals surface area contributed by atoms with E-state index in [0.29, 0.717) is 44.3 Å². The van der Waals surface area contributed by atoms with Crippen LogP contribution in [0, 0.1) is 0 Å². The molecule has 0 aliphatic carbocycles. The Balaban J connectivity index is 1.55. The monoisotopic (exact) mass is 468 g/mol. The normalized spacial score (nSPS) is 10.9. The Morgan fingerprint density at radius 1 is 0.938 bits per heavy atom. The molecule has 9 heteroatoms. The number of methoxy groups -OCH3 is 2. The molecule has 0 atom stereocenters. The molecule has 0 N–H and O–H groups in total. The Morgan fingerprint density at radius 3 is 2.34 bits per heavy atom. The third kappa shape index (κ3) is 4.44. The molecule has 0 aliphatic rings. The van der Waals surface area contributed by atoms with Crippen molar-refractivity contribution in [1.29, 1.82) is 0 Å². The van der Waals surface area contributed by atoms with E-state index < -0.39 is 27.7 Å². The van der Waals surface area contributed by atoms with Crippen molar-refractivity contribution < 1.29 is 23.5 Å². The maximum absolute atomic E-state index is 12.6. The molecule has 2 aromatic heterocycles. The highest BCUT2D eigenvalue weighted by Crippen LogP contribution is 2.26. The molecule has 32 heavy (non-hydrogen) atoms. The zero-order valence-corrected chi connectivity index (χ0v) is 18.6. The van der Waals surface area contributed by atoms with E-state index >= 15 is 0 Å². The van der Waals surface area contributed by atoms with Crippen molar-refractivity contribution in [3.05, 3.63) is 74.1 Å². The number of fused-ring (bicyclic) bond motifs is 2. The van der Waals surface area contributed by atoms with Crippen molar-refractivity contribution >= 4 is 55.1 Å². The number of ether oxygens (including phenoxy) is 2. The largest absolute Gasteiger partial charge is 0.497 e. The van der Waals surface area contributed by atoms with E-state index in [9.17, 15) is 19.2 Å². The smallest absolute Gasteiger partial charge is 0.350 e. The summed E-state index contributed by atoms with van der Waals surface area (Å²) >= 11 is 1.53. The zero-order chi connectivity index (χ0) is 22.8. The van der Waals surface area contributed by atoms with E-state index in [4.69, 9.17) is 13.9 Å². The maximum atomic E-state index is 12.6. The molecule has 0 saturated carbocycles. The Morgan fingerprint density at radius 2 is 1.62 bits per heavy atom. The topological polar surface area (TPSA) is 99.9 Å². The summed E-state index contributed by atoms with van der Waals surface area (Å²) in [4.78, 5) is 49.9. The molecular weight excluding hydrogens is 452 g/mol. The van der Waals surface area contributed by atoms with Crippen LogP contribution >= 0.6 is 23.1 Å². The Hall–Kier alpha value is -3.43. The first kappa shape index (κ1) is 21.8. The summed E-state index contributed by atoms with van der Waals surface area (Å²) in [5, 5.41) is 0.750. The standard InChI is InChI=1S/C23H16O7S2/c1-28-14-5-3-12-8-20(22(26)30-18(12)9-14)31-21(25)11-17(24)16-7-13-4-6-15(29-2)10-19(13)32-23(16)27/h3-10H,11H2,1-2H3. The summed E-state index contributed by atoms with van der Waals surface area (Å²) in [6, 6.07) is 13.2. The second-order valence-corrected chi connectivity index (χ2v) is 8.84. The lowest BCUT2D eigenvalue weighted by atomic mass is 10.1. The van der Waals surface area contributed by atoms with Crippen LogP contribution in [0.4, 0.5) is 0 Å². The molecule has 0 bridgehead atoms. The molecule has 4 aromatic rings. The van der Waals surface area contributed by atoms with Crippen LogP contribution in [-0.4, -0.2) is 25.1 Å². The van der Waals surface area contributed by atoms with Gasteiger partial charge in [0.1, 0.15) is 22.0 Å². The fourth-order valence-electron chi connectivity index (χ4n) is 3.07. The van der Waals surface area contributed by atoms with E-state index in [-0.39, 0.29) is 10.5 Å². The molecule has 7 nitrogen and oxygen atoms in total. The quantitative estimate of drug-likeness (QED) is 0.179. The van der Waals surface area contributed by atoms with Crippen molar-refractivity contribution in [1.82, 2.24) is 0 Å². The molecule has 2 aromatic carbocycles. The Kier molecular flexibility index (Phi) is 6.11. The number of carbonyl (C=O) groups excluding carboxylic acids is 2. The summed E-state index contributed by atoms with van der Waals surface area (Å²) in [5.41, 5.74) is -0.422.